The zero-order chi connectivity index (χ0) is 21.3. The van der Waals surface area contributed by atoms with Crippen molar-refractivity contribution in [1.82, 2.24) is 9.88 Å². The zero-order valence-corrected chi connectivity index (χ0v) is 18.1. The van der Waals surface area contributed by atoms with E-state index in [0.717, 1.165) is 28.8 Å². The number of aromatic nitrogens is 1. The van der Waals surface area contributed by atoms with Gasteiger partial charge in [0.25, 0.3) is 0 Å². The number of hydrogen-bond acceptors (Lipinski definition) is 4. The standard InChI is InChI=1S/C25H28N2O3/c1-16(2)11-25(28)27-10-9-18(15-27)20-6-7-22-21(20)12-19(14-26-22)17-5-8-23(29-3)24(13-17)30-4/h5-6,8-9,12-14,16H,7,10-11,15H2,1-4H3. The predicted molar refractivity (Wildman–Crippen MR) is 119 cm³/mol. The SMILES string of the molecule is COc1ccc(-c2cnc3c(c2)C(C2=CCN(C(=O)CC(C)C)C2)=CC3)cc1OC. The summed E-state index contributed by atoms with van der Waals surface area (Å²) in [5.41, 5.74) is 6.74. The third-order valence-electron chi connectivity index (χ3n) is 5.68. The molecule has 0 saturated heterocycles. The molecule has 0 radical (unpaired) electrons. The summed E-state index contributed by atoms with van der Waals surface area (Å²) in [4.78, 5) is 19.1. The molecule has 1 aliphatic carbocycles. The second kappa shape index (κ2) is 8.34. The van der Waals surface area contributed by atoms with Gasteiger partial charge >= 0.3 is 0 Å². The van der Waals surface area contributed by atoms with Gasteiger partial charge < -0.3 is 14.4 Å². The fraction of sp³-hybridized carbons (Fsp3) is 0.360. The molecule has 2 aliphatic rings. The number of pyridine rings is 1. The average Bonchev–Trinajstić information content (AvgIpc) is 3.39. The van der Waals surface area contributed by atoms with Gasteiger partial charge in [-0.15, -0.1) is 0 Å². The van der Waals surface area contributed by atoms with Crippen LogP contribution in [0, 0.1) is 5.92 Å². The van der Waals surface area contributed by atoms with E-state index in [-0.39, 0.29) is 5.91 Å². The number of nitrogens with zero attached hydrogens (tertiary/aromatic N) is 2. The van der Waals surface area contributed by atoms with Crippen LogP contribution in [-0.2, 0) is 11.2 Å². The second-order valence-electron chi connectivity index (χ2n) is 8.21. The molecule has 2 heterocycles. The van der Waals surface area contributed by atoms with E-state index in [1.54, 1.807) is 14.2 Å². The lowest BCUT2D eigenvalue weighted by Crippen LogP contribution is -2.29. The monoisotopic (exact) mass is 404 g/mol. The predicted octanol–water partition coefficient (Wildman–Crippen LogP) is 4.52. The second-order valence-corrected chi connectivity index (χ2v) is 8.21. The molecular formula is C25H28N2O3. The van der Waals surface area contributed by atoms with E-state index in [1.165, 1.54) is 11.1 Å². The molecule has 1 aromatic heterocycles. The molecule has 0 N–H and O–H groups in total. The fourth-order valence-corrected chi connectivity index (χ4v) is 4.09. The van der Waals surface area contributed by atoms with E-state index in [4.69, 9.17) is 14.5 Å². The number of methoxy groups -OCH3 is 2. The summed E-state index contributed by atoms with van der Waals surface area (Å²) in [7, 11) is 3.28. The van der Waals surface area contributed by atoms with Gasteiger partial charge in [0.2, 0.25) is 5.91 Å². The molecule has 1 amide bonds. The van der Waals surface area contributed by atoms with Crippen LogP contribution in [0.2, 0.25) is 0 Å². The molecule has 0 bridgehead atoms. The first-order chi connectivity index (χ1) is 14.5. The van der Waals surface area contributed by atoms with Crippen molar-refractivity contribution in [2.45, 2.75) is 26.7 Å². The van der Waals surface area contributed by atoms with Gasteiger partial charge in [0.05, 0.1) is 19.9 Å². The molecule has 5 heteroatoms. The smallest absolute Gasteiger partial charge is 0.223 e. The molecule has 1 aliphatic heterocycles. The van der Waals surface area contributed by atoms with Gasteiger partial charge in [0.1, 0.15) is 0 Å². The Balaban J connectivity index is 1.58. The Morgan fingerprint density at radius 1 is 1.10 bits per heavy atom. The maximum atomic E-state index is 12.5. The summed E-state index contributed by atoms with van der Waals surface area (Å²) in [5.74, 6) is 2.01. The molecule has 0 fully saturated rings. The zero-order valence-electron chi connectivity index (χ0n) is 18.1. The number of carbonyl (C=O) groups excluding carboxylic acids is 1. The van der Waals surface area contributed by atoms with Gasteiger partial charge in [-0.25, -0.2) is 0 Å². The number of hydrogen-bond donors (Lipinski definition) is 0. The maximum Gasteiger partial charge on any atom is 0.223 e. The normalized spacial score (nSPS) is 15.2. The van der Waals surface area contributed by atoms with Crippen LogP contribution in [0.4, 0.5) is 0 Å². The first-order valence-electron chi connectivity index (χ1n) is 10.4. The maximum absolute atomic E-state index is 12.5. The van der Waals surface area contributed by atoms with Gasteiger partial charge in [-0.05, 0) is 40.8 Å². The number of rotatable bonds is 6. The van der Waals surface area contributed by atoms with Gasteiger partial charge in [-0.3, -0.25) is 9.78 Å². The summed E-state index contributed by atoms with van der Waals surface area (Å²) in [6.07, 6.45) is 7.76. The van der Waals surface area contributed by atoms with Crippen LogP contribution in [-0.4, -0.2) is 43.1 Å². The van der Waals surface area contributed by atoms with E-state index < -0.39 is 0 Å². The Hall–Kier alpha value is -3.08. The topological polar surface area (TPSA) is 51.7 Å². The lowest BCUT2D eigenvalue weighted by molar-refractivity contribution is -0.130. The minimum atomic E-state index is 0.229. The quantitative estimate of drug-likeness (QED) is 0.710. The number of benzene rings is 1. The van der Waals surface area contributed by atoms with Crippen LogP contribution in [0.15, 0.2) is 48.2 Å². The molecule has 30 heavy (non-hydrogen) atoms. The van der Waals surface area contributed by atoms with Crippen molar-refractivity contribution in [2.24, 2.45) is 5.92 Å². The van der Waals surface area contributed by atoms with Gasteiger partial charge in [-0.1, -0.05) is 32.1 Å². The Bertz CT molecular complexity index is 1040. The van der Waals surface area contributed by atoms with Crippen LogP contribution >= 0.6 is 0 Å². The van der Waals surface area contributed by atoms with Crippen LogP contribution in [0.1, 0.15) is 31.5 Å². The number of amides is 1. The van der Waals surface area contributed by atoms with Gasteiger partial charge in [0.15, 0.2) is 11.5 Å². The fourth-order valence-electron chi connectivity index (χ4n) is 4.09. The van der Waals surface area contributed by atoms with Gasteiger partial charge in [-0.2, -0.15) is 0 Å². The molecule has 2 aromatic rings. The van der Waals surface area contributed by atoms with Crippen LogP contribution < -0.4 is 9.47 Å². The van der Waals surface area contributed by atoms with Crippen molar-refractivity contribution >= 4 is 11.5 Å². The lowest BCUT2D eigenvalue weighted by atomic mass is 9.98. The number of carbonyl (C=O) groups is 1. The van der Waals surface area contributed by atoms with E-state index >= 15 is 0 Å². The summed E-state index contributed by atoms with van der Waals surface area (Å²) >= 11 is 0. The van der Waals surface area contributed by atoms with Crippen LogP contribution in [0.25, 0.3) is 16.7 Å². The molecule has 0 saturated carbocycles. The van der Waals surface area contributed by atoms with Crippen LogP contribution in [0.3, 0.4) is 0 Å². The van der Waals surface area contributed by atoms with E-state index in [1.807, 2.05) is 29.3 Å². The van der Waals surface area contributed by atoms with Crippen LogP contribution in [0.5, 0.6) is 11.5 Å². The third kappa shape index (κ3) is 3.84. The van der Waals surface area contributed by atoms with Crippen molar-refractivity contribution in [3.63, 3.8) is 0 Å². The highest BCUT2D eigenvalue weighted by atomic mass is 16.5. The largest absolute Gasteiger partial charge is 0.493 e. The third-order valence-corrected chi connectivity index (χ3v) is 5.68. The Morgan fingerprint density at radius 3 is 2.63 bits per heavy atom. The molecular weight excluding hydrogens is 376 g/mol. The highest BCUT2D eigenvalue weighted by molar-refractivity contribution is 5.88. The molecule has 0 atom stereocenters. The van der Waals surface area contributed by atoms with Crippen molar-refractivity contribution in [3.8, 4) is 22.6 Å². The van der Waals surface area contributed by atoms with Crippen molar-refractivity contribution in [1.29, 1.82) is 0 Å². The van der Waals surface area contributed by atoms with E-state index in [2.05, 4.69) is 32.1 Å². The highest BCUT2D eigenvalue weighted by Crippen LogP contribution is 2.38. The minimum Gasteiger partial charge on any atom is -0.493 e. The van der Waals surface area contributed by atoms with Crippen molar-refractivity contribution in [3.05, 3.63) is 59.4 Å². The molecule has 5 nitrogen and oxygen atoms in total. The molecule has 0 unspecified atom stereocenters. The number of fused-ring (bicyclic) bond motifs is 1. The van der Waals surface area contributed by atoms with Crippen molar-refractivity contribution < 1.29 is 14.3 Å². The molecule has 156 valence electrons. The Labute approximate surface area is 178 Å². The van der Waals surface area contributed by atoms with E-state index in [0.29, 0.717) is 36.9 Å². The summed E-state index contributed by atoms with van der Waals surface area (Å²) in [6, 6.07) is 8.10. The Morgan fingerprint density at radius 2 is 1.90 bits per heavy atom. The Kier molecular flexibility index (Phi) is 5.62. The number of allylic oxidation sites excluding steroid dienone is 1. The molecule has 0 spiro atoms. The highest BCUT2D eigenvalue weighted by Gasteiger charge is 2.26. The van der Waals surface area contributed by atoms with Gasteiger partial charge in [0, 0.05) is 43.3 Å². The van der Waals surface area contributed by atoms with E-state index in [9.17, 15) is 4.79 Å². The molecule has 4 rings (SSSR count). The molecule has 1 aromatic carbocycles. The summed E-state index contributed by atoms with van der Waals surface area (Å²) < 4.78 is 10.8. The minimum absolute atomic E-state index is 0.229. The summed E-state index contributed by atoms with van der Waals surface area (Å²) in [6.45, 7) is 5.53. The first-order valence-corrected chi connectivity index (χ1v) is 10.4. The summed E-state index contributed by atoms with van der Waals surface area (Å²) in [5, 5.41) is 0. The lowest BCUT2D eigenvalue weighted by Gasteiger charge is -2.18. The number of ether oxygens (including phenoxy) is 2. The average molecular weight is 405 g/mol. The van der Waals surface area contributed by atoms with Crippen molar-refractivity contribution in [2.75, 3.05) is 27.3 Å². The first kappa shape index (κ1) is 20.2.